The highest BCUT2D eigenvalue weighted by Crippen LogP contribution is 2.36. The lowest BCUT2D eigenvalue weighted by Crippen LogP contribution is -2.54. The first-order valence-electron chi connectivity index (χ1n) is 10.7. The van der Waals surface area contributed by atoms with E-state index in [1.807, 2.05) is 6.07 Å². The summed E-state index contributed by atoms with van der Waals surface area (Å²) < 4.78 is 17.7. The third-order valence-electron chi connectivity index (χ3n) is 5.90. The molecule has 1 aromatic heterocycles. The minimum Gasteiger partial charge on any atom is -0.485 e. The molecule has 1 fully saturated rings. The molecule has 2 aliphatic heterocycles. The molecule has 2 aromatic carbocycles. The second-order valence-electron chi connectivity index (χ2n) is 7.94. The van der Waals surface area contributed by atoms with Gasteiger partial charge in [-0.3, -0.25) is 14.5 Å². The summed E-state index contributed by atoms with van der Waals surface area (Å²) >= 11 is 0. The van der Waals surface area contributed by atoms with E-state index in [0.717, 1.165) is 13.1 Å². The highest BCUT2D eigenvalue weighted by molar-refractivity contribution is 5.82. The number of carbonyl (C=O) groups is 1. The van der Waals surface area contributed by atoms with Crippen LogP contribution in [0.5, 0.6) is 11.5 Å². The van der Waals surface area contributed by atoms with E-state index in [2.05, 4.69) is 4.90 Å². The molecule has 3 aromatic rings. The van der Waals surface area contributed by atoms with E-state index in [1.165, 1.54) is 6.07 Å². The Labute approximate surface area is 184 Å². The molecule has 8 heteroatoms. The molecule has 0 spiro atoms. The lowest BCUT2D eigenvalue weighted by molar-refractivity contribution is -0.143. The number of hydrogen-bond acceptors (Lipinski definition) is 7. The Bertz CT molecular complexity index is 1200. The van der Waals surface area contributed by atoms with Gasteiger partial charge in [0.05, 0.1) is 12.0 Å². The number of hydrogen-bond donors (Lipinski definition) is 1. The fraction of sp³-hybridized carbons (Fsp3) is 0.333. The Morgan fingerprint density at radius 1 is 1.03 bits per heavy atom. The van der Waals surface area contributed by atoms with Crippen LogP contribution in [0.1, 0.15) is 0 Å². The Morgan fingerprint density at radius 3 is 2.66 bits per heavy atom. The molecule has 0 saturated carbocycles. The molecule has 8 nitrogen and oxygen atoms in total. The molecular formula is C24H24N2O6. The van der Waals surface area contributed by atoms with Crippen LogP contribution in [-0.2, 0) is 4.79 Å². The number of nitrogens with zero attached hydrogens (tertiary/aromatic N) is 2. The van der Waals surface area contributed by atoms with E-state index in [4.69, 9.17) is 19.0 Å². The smallest absolute Gasteiger partial charge is 0.267 e. The molecular weight excluding hydrogens is 412 g/mol. The second kappa shape index (κ2) is 8.64. The van der Waals surface area contributed by atoms with Crippen LogP contribution < -0.4 is 14.9 Å². The third kappa shape index (κ3) is 3.94. The van der Waals surface area contributed by atoms with Gasteiger partial charge in [-0.2, -0.15) is 0 Å². The molecule has 32 heavy (non-hydrogen) atoms. The number of para-hydroxylation sites is 1. The van der Waals surface area contributed by atoms with Gasteiger partial charge in [0.15, 0.2) is 16.9 Å². The van der Waals surface area contributed by atoms with Gasteiger partial charge in [0.25, 0.3) is 5.91 Å². The topological polar surface area (TPSA) is 92.5 Å². The minimum atomic E-state index is -0.698. The maximum absolute atomic E-state index is 12.9. The summed E-state index contributed by atoms with van der Waals surface area (Å²) in [5.74, 6) is 1.35. The summed E-state index contributed by atoms with van der Waals surface area (Å²) in [4.78, 5) is 29.2. The Morgan fingerprint density at radius 2 is 1.84 bits per heavy atom. The predicted molar refractivity (Wildman–Crippen MR) is 118 cm³/mol. The van der Waals surface area contributed by atoms with E-state index in [1.54, 1.807) is 41.3 Å². The molecule has 1 unspecified atom stereocenters. The van der Waals surface area contributed by atoms with E-state index < -0.39 is 6.10 Å². The molecule has 0 bridgehead atoms. The summed E-state index contributed by atoms with van der Waals surface area (Å²) in [6, 6.07) is 13.9. The van der Waals surface area contributed by atoms with Crippen LogP contribution in [-0.4, -0.2) is 72.9 Å². The number of benzene rings is 2. The predicted octanol–water partition coefficient (Wildman–Crippen LogP) is 1.74. The van der Waals surface area contributed by atoms with E-state index >= 15 is 0 Å². The molecule has 0 radical (unpaired) electrons. The highest BCUT2D eigenvalue weighted by atomic mass is 16.6. The first-order chi connectivity index (χ1) is 15.6. The molecule has 5 rings (SSSR count). The lowest BCUT2D eigenvalue weighted by Gasteiger charge is -2.37. The molecule has 1 saturated heterocycles. The molecule has 1 atom stereocenters. The van der Waals surface area contributed by atoms with Crippen molar-refractivity contribution in [3.05, 3.63) is 58.8 Å². The number of rotatable bonds is 4. The number of aliphatic hydroxyl groups is 1. The molecule has 1 N–H and O–H groups in total. The number of carbonyl (C=O) groups excluding carboxylic acids is 1. The van der Waals surface area contributed by atoms with Crippen molar-refractivity contribution in [1.29, 1.82) is 0 Å². The molecule has 2 aliphatic rings. The number of piperazine rings is 1. The average Bonchev–Trinajstić information content (AvgIpc) is 2.83. The van der Waals surface area contributed by atoms with Crippen LogP contribution in [0.25, 0.3) is 22.3 Å². The van der Waals surface area contributed by atoms with Crippen molar-refractivity contribution < 1.29 is 23.8 Å². The van der Waals surface area contributed by atoms with Crippen LogP contribution in [0, 0.1) is 0 Å². The SMILES string of the molecule is O=C(C1COc2cc(-c3cc(=O)c4ccccc4o3)ccc2O1)N1CCN(CCO)CC1. The van der Waals surface area contributed by atoms with Gasteiger partial charge in [-0.1, -0.05) is 12.1 Å². The number of ether oxygens (including phenoxy) is 2. The Balaban J connectivity index is 1.31. The first kappa shape index (κ1) is 20.5. The zero-order valence-corrected chi connectivity index (χ0v) is 17.5. The van der Waals surface area contributed by atoms with E-state index in [9.17, 15) is 9.59 Å². The van der Waals surface area contributed by atoms with Crippen LogP contribution in [0.15, 0.2) is 57.7 Å². The van der Waals surface area contributed by atoms with Crippen molar-refractivity contribution in [3.8, 4) is 22.8 Å². The fourth-order valence-electron chi connectivity index (χ4n) is 4.13. The van der Waals surface area contributed by atoms with Crippen molar-refractivity contribution in [2.24, 2.45) is 0 Å². The number of aliphatic hydroxyl groups excluding tert-OH is 1. The van der Waals surface area contributed by atoms with Gasteiger partial charge in [0.2, 0.25) is 6.10 Å². The third-order valence-corrected chi connectivity index (χ3v) is 5.90. The van der Waals surface area contributed by atoms with Crippen LogP contribution in [0.2, 0.25) is 0 Å². The van der Waals surface area contributed by atoms with Crippen LogP contribution >= 0.6 is 0 Å². The van der Waals surface area contributed by atoms with Crippen LogP contribution in [0.3, 0.4) is 0 Å². The fourth-order valence-corrected chi connectivity index (χ4v) is 4.13. The van der Waals surface area contributed by atoms with Gasteiger partial charge in [0, 0.05) is 44.4 Å². The van der Waals surface area contributed by atoms with E-state index in [0.29, 0.717) is 53.4 Å². The highest BCUT2D eigenvalue weighted by Gasteiger charge is 2.33. The maximum Gasteiger partial charge on any atom is 0.267 e. The van der Waals surface area contributed by atoms with Gasteiger partial charge in [0.1, 0.15) is 18.0 Å². The number of β-amino-alcohol motifs (C(OH)–C–C–N with tert-alkyl or cyclic N) is 1. The lowest BCUT2D eigenvalue weighted by atomic mass is 10.1. The van der Waals surface area contributed by atoms with Crippen molar-refractivity contribution in [1.82, 2.24) is 9.80 Å². The molecule has 166 valence electrons. The first-order valence-corrected chi connectivity index (χ1v) is 10.7. The summed E-state index contributed by atoms with van der Waals surface area (Å²) in [5, 5.41) is 9.60. The molecule has 1 amide bonds. The van der Waals surface area contributed by atoms with E-state index in [-0.39, 0.29) is 24.5 Å². The van der Waals surface area contributed by atoms with Gasteiger partial charge in [-0.15, -0.1) is 0 Å². The zero-order chi connectivity index (χ0) is 22.1. The van der Waals surface area contributed by atoms with Gasteiger partial charge >= 0.3 is 0 Å². The standard InChI is InChI=1S/C24H24N2O6/c27-12-11-25-7-9-26(10-8-25)24(29)23-15-30-22-13-16(5-6-20(22)32-23)21-14-18(28)17-3-1-2-4-19(17)31-21/h1-6,13-14,23,27H,7-12,15H2. The number of amides is 1. The quantitative estimate of drug-likeness (QED) is 0.666. The number of fused-ring (bicyclic) bond motifs is 2. The normalized spacial score (nSPS) is 18.7. The van der Waals surface area contributed by atoms with Crippen LogP contribution in [0.4, 0.5) is 0 Å². The average molecular weight is 436 g/mol. The summed E-state index contributed by atoms with van der Waals surface area (Å²) in [7, 11) is 0. The van der Waals surface area contributed by atoms with Crippen molar-refractivity contribution in [2.75, 3.05) is 45.9 Å². The van der Waals surface area contributed by atoms with Gasteiger partial charge < -0.3 is 23.9 Å². The molecule has 0 aliphatic carbocycles. The van der Waals surface area contributed by atoms with Gasteiger partial charge in [-0.05, 0) is 30.3 Å². The Hall–Kier alpha value is -3.36. The summed E-state index contributed by atoms with van der Waals surface area (Å²) in [6.45, 7) is 3.53. The van der Waals surface area contributed by atoms with Gasteiger partial charge in [-0.25, -0.2) is 0 Å². The largest absolute Gasteiger partial charge is 0.485 e. The van der Waals surface area contributed by atoms with Crippen molar-refractivity contribution in [2.45, 2.75) is 6.10 Å². The Kier molecular flexibility index (Phi) is 5.55. The zero-order valence-electron chi connectivity index (χ0n) is 17.5. The second-order valence-corrected chi connectivity index (χ2v) is 7.94. The van der Waals surface area contributed by atoms with Crippen molar-refractivity contribution in [3.63, 3.8) is 0 Å². The monoisotopic (exact) mass is 436 g/mol. The van der Waals surface area contributed by atoms with Crippen molar-refractivity contribution >= 4 is 16.9 Å². The summed E-state index contributed by atoms with van der Waals surface area (Å²) in [5.41, 5.74) is 1.11. The maximum atomic E-state index is 12.9. The summed E-state index contributed by atoms with van der Waals surface area (Å²) in [6.07, 6.45) is -0.698. The molecule has 3 heterocycles. The minimum absolute atomic E-state index is 0.0936.